The van der Waals surface area contributed by atoms with E-state index in [2.05, 4.69) is 33.8 Å². The lowest BCUT2D eigenvalue weighted by atomic mass is 10.2. The van der Waals surface area contributed by atoms with Crippen molar-refractivity contribution >= 4 is 21.6 Å². The van der Waals surface area contributed by atoms with E-state index in [0.29, 0.717) is 11.9 Å². The van der Waals surface area contributed by atoms with Crippen LogP contribution in [0.5, 0.6) is 0 Å². The Hall–Kier alpha value is -2.02. The zero-order valence-electron chi connectivity index (χ0n) is 14.4. The number of hydrogen-bond donors (Lipinski definition) is 1. The van der Waals surface area contributed by atoms with Gasteiger partial charge in [0.1, 0.15) is 10.7 Å². The van der Waals surface area contributed by atoms with Gasteiger partial charge < -0.3 is 9.88 Å². The molecule has 0 saturated carbocycles. The average Bonchev–Trinajstić information content (AvgIpc) is 3.08. The number of aromatic amines is 1. The van der Waals surface area contributed by atoms with Crippen LogP contribution in [0, 0.1) is 0 Å². The van der Waals surface area contributed by atoms with Gasteiger partial charge >= 0.3 is 0 Å². The monoisotopic (exact) mass is 354 g/mol. The van der Waals surface area contributed by atoms with E-state index in [4.69, 9.17) is 4.98 Å². The first kappa shape index (κ1) is 16.4. The van der Waals surface area contributed by atoms with Gasteiger partial charge in [0, 0.05) is 31.1 Å². The maximum absolute atomic E-state index is 12.5. The summed E-state index contributed by atoms with van der Waals surface area (Å²) in [5, 5.41) is 0.684. The molecule has 1 aliphatic heterocycles. The van der Waals surface area contributed by atoms with Crippen LogP contribution in [0.25, 0.3) is 20.7 Å². The predicted molar refractivity (Wildman–Crippen MR) is 103 cm³/mol. The molecule has 2 aromatic heterocycles. The van der Waals surface area contributed by atoms with Gasteiger partial charge in [-0.2, -0.15) is 0 Å². The van der Waals surface area contributed by atoms with Crippen molar-refractivity contribution in [1.29, 1.82) is 0 Å². The molecule has 25 heavy (non-hydrogen) atoms. The first-order chi connectivity index (χ1) is 12.2. The third-order valence-electron chi connectivity index (χ3n) is 4.80. The van der Waals surface area contributed by atoms with Crippen LogP contribution in [-0.4, -0.2) is 52.5 Å². The van der Waals surface area contributed by atoms with E-state index < -0.39 is 0 Å². The summed E-state index contributed by atoms with van der Waals surface area (Å²) in [6.45, 7) is 8.22. The Morgan fingerprint density at radius 1 is 1.12 bits per heavy atom. The maximum atomic E-state index is 12.5. The molecule has 0 unspecified atom stereocenters. The number of aromatic nitrogens is 2. The van der Waals surface area contributed by atoms with Gasteiger partial charge in [0.05, 0.1) is 11.9 Å². The first-order valence-electron chi connectivity index (χ1n) is 8.76. The van der Waals surface area contributed by atoms with Gasteiger partial charge in [-0.1, -0.05) is 37.3 Å². The predicted octanol–water partition coefficient (Wildman–Crippen LogP) is 2.79. The van der Waals surface area contributed by atoms with Crippen LogP contribution in [0.1, 0.15) is 12.7 Å². The summed E-state index contributed by atoms with van der Waals surface area (Å²) in [6.07, 6.45) is 0. The summed E-state index contributed by atoms with van der Waals surface area (Å²) in [4.78, 5) is 26.9. The second-order valence-electron chi connectivity index (χ2n) is 6.42. The lowest BCUT2D eigenvalue weighted by Crippen LogP contribution is -2.45. The van der Waals surface area contributed by atoms with Gasteiger partial charge in [0.15, 0.2) is 0 Å². The van der Waals surface area contributed by atoms with Crippen LogP contribution < -0.4 is 5.56 Å². The summed E-state index contributed by atoms with van der Waals surface area (Å²) in [6, 6.07) is 12.1. The Morgan fingerprint density at radius 2 is 1.84 bits per heavy atom. The Labute approximate surface area is 150 Å². The minimum Gasteiger partial charge on any atom is -0.309 e. The van der Waals surface area contributed by atoms with Crippen molar-refractivity contribution in [2.24, 2.45) is 0 Å². The van der Waals surface area contributed by atoms with Gasteiger partial charge in [-0.25, -0.2) is 4.98 Å². The summed E-state index contributed by atoms with van der Waals surface area (Å²) in [5.74, 6) is 0.768. The number of fused-ring (bicyclic) bond motifs is 1. The minimum absolute atomic E-state index is 0.0365. The van der Waals surface area contributed by atoms with E-state index in [1.54, 1.807) is 11.3 Å². The molecule has 1 aromatic carbocycles. The van der Waals surface area contributed by atoms with Gasteiger partial charge in [0.25, 0.3) is 5.56 Å². The van der Waals surface area contributed by atoms with Gasteiger partial charge in [0.2, 0.25) is 0 Å². The number of hydrogen-bond acceptors (Lipinski definition) is 5. The van der Waals surface area contributed by atoms with E-state index in [1.165, 1.54) is 0 Å². The van der Waals surface area contributed by atoms with E-state index >= 15 is 0 Å². The first-order valence-corrected chi connectivity index (χ1v) is 9.57. The molecule has 5 nitrogen and oxygen atoms in total. The third-order valence-corrected chi connectivity index (χ3v) is 5.87. The van der Waals surface area contributed by atoms with E-state index in [0.717, 1.165) is 53.8 Å². The normalized spacial score (nSPS) is 16.5. The van der Waals surface area contributed by atoms with Crippen molar-refractivity contribution in [3.63, 3.8) is 0 Å². The topological polar surface area (TPSA) is 52.2 Å². The van der Waals surface area contributed by atoms with Crippen LogP contribution in [0.2, 0.25) is 0 Å². The van der Waals surface area contributed by atoms with Crippen molar-refractivity contribution in [2.45, 2.75) is 13.5 Å². The molecule has 0 amide bonds. The highest BCUT2D eigenvalue weighted by Crippen LogP contribution is 2.30. The number of piperazine rings is 1. The van der Waals surface area contributed by atoms with Gasteiger partial charge in [-0.3, -0.25) is 9.69 Å². The van der Waals surface area contributed by atoms with E-state index in [1.807, 2.05) is 24.3 Å². The van der Waals surface area contributed by atoms with Gasteiger partial charge in [-0.15, -0.1) is 11.3 Å². The second-order valence-corrected chi connectivity index (χ2v) is 7.45. The smallest absolute Gasteiger partial charge is 0.259 e. The van der Waals surface area contributed by atoms with Crippen molar-refractivity contribution in [2.75, 3.05) is 32.7 Å². The molecule has 6 heteroatoms. The molecule has 1 N–H and O–H groups in total. The second kappa shape index (κ2) is 7.07. The Balaban J connectivity index is 1.58. The van der Waals surface area contributed by atoms with Crippen LogP contribution in [0.15, 0.2) is 41.2 Å². The molecular formula is C19H22N4OS. The maximum Gasteiger partial charge on any atom is 0.259 e. The fourth-order valence-corrected chi connectivity index (χ4v) is 4.33. The molecule has 3 aromatic rings. The Kier molecular flexibility index (Phi) is 4.65. The molecule has 1 aliphatic rings. The number of thiophene rings is 1. The quantitative estimate of drug-likeness (QED) is 0.783. The Bertz CT molecular complexity index is 910. The third kappa shape index (κ3) is 3.51. The molecule has 1 saturated heterocycles. The van der Waals surface area contributed by atoms with Crippen molar-refractivity contribution in [3.05, 3.63) is 52.6 Å². The molecule has 0 spiro atoms. The highest BCUT2D eigenvalue weighted by atomic mass is 32.1. The van der Waals surface area contributed by atoms with Crippen LogP contribution in [0.4, 0.5) is 0 Å². The highest BCUT2D eigenvalue weighted by molar-refractivity contribution is 7.21. The minimum atomic E-state index is -0.0365. The summed E-state index contributed by atoms with van der Waals surface area (Å²) >= 11 is 1.59. The number of nitrogens with one attached hydrogen (secondary N) is 1. The fourth-order valence-electron chi connectivity index (χ4n) is 3.27. The molecule has 4 rings (SSSR count). The number of rotatable bonds is 4. The van der Waals surface area contributed by atoms with Crippen molar-refractivity contribution < 1.29 is 0 Å². The van der Waals surface area contributed by atoms with Crippen molar-refractivity contribution in [1.82, 2.24) is 19.8 Å². The van der Waals surface area contributed by atoms with Crippen LogP contribution in [-0.2, 0) is 6.54 Å². The molecule has 130 valence electrons. The molecule has 3 heterocycles. The zero-order valence-corrected chi connectivity index (χ0v) is 15.2. The Morgan fingerprint density at radius 3 is 2.56 bits per heavy atom. The molecular weight excluding hydrogens is 332 g/mol. The fraction of sp³-hybridized carbons (Fsp3) is 0.368. The number of H-pyrrole nitrogens is 1. The van der Waals surface area contributed by atoms with Crippen LogP contribution in [0.3, 0.4) is 0 Å². The average molecular weight is 354 g/mol. The molecule has 1 fully saturated rings. The SMILES string of the molecule is CCN1CCN(Cc2nc3sc(-c4ccccc4)cc3c(=O)[nH]2)CC1. The zero-order chi connectivity index (χ0) is 17.2. The number of likely N-dealkylation sites (N-methyl/N-ethyl adjacent to an activating group) is 1. The van der Waals surface area contributed by atoms with E-state index in [-0.39, 0.29) is 5.56 Å². The largest absolute Gasteiger partial charge is 0.309 e. The highest BCUT2D eigenvalue weighted by Gasteiger charge is 2.17. The molecule has 0 atom stereocenters. The summed E-state index contributed by atoms with van der Waals surface area (Å²) in [5.41, 5.74) is 1.09. The number of benzene rings is 1. The van der Waals surface area contributed by atoms with E-state index in [9.17, 15) is 4.79 Å². The van der Waals surface area contributed by atoms with Crippen LogP contribution >= 0.6 is 11.3 Å². The lowest BCUT2D eigenvalue weighted by Gasteiger charge is -2.33. The van der Waals surface area contributed by atoms with Gasteiger partial charge in [-0.05, 0) is 18.2 Å². The lowest BCUT2D eigenvalue weighted by molar-refractivity contribution is 0.129. The summed E-state index contributed by atoms with van der Waals surface area (Å²) in [7, 11) is 0. The molecule has 0 bridgehead atoms. The van der Waals surface area contributed by atoms with Crippen molar-refractivity contribution in [3.8, 4) is 10.4 Å². The number of nitrogens with zero attached hydrogens (tertiary/aromatic N) is 3. The summed E-state index contributed by atoms with van der Waals surface area (Å²) < 4.78 is 0. The molecule has 0 radical (unpaired) electrons. The standard InChI is InChI=1S/C19H22N4OS/c1-2-22-8-10-23(11-9-22)13-17-20-18(24)15-12-16(25-19(15)21-17)14-6-4-3-5-7-14/h3-7,12H,2,8-11,13H2,1H3,(H,20,21,24). The molecule has 0 aliphatic carbocycles.